The van der Waals surface area contributed by atoms with Crippen LogP contribution in [0, 0.1) is 6.92 Å². The first-order valence-corrected chi connectivity index (χ1v) is 7.72. The summed E-state index contributed by atoms with van der Waals surface area (Å²) in [4.78, 5) is 28.0. The summed E-state index contributed by atoms with van der Waals surface area (Å²) < 4.78 is 1.92. The van der Waals surface area contributed by atoms with Gasteiger partial charge in [-0.2, -0.15) is 0 Å². The normalized spacial score (nSPS) is 13.4. The molecule has 1 aliphatic heterocycles. The highest BCUT2D eigenvalue weighted by atomic mass is 32.1. The fraction of sp³-hybridized carbons (Fsp3) is 0.200. The molecule has 0 spiro atoms. The van der Waals surface area contributed by atoms with Crippen molar-refractivity contribution in [1.29, 1.82) is 0 Å². The van der Waals surface area contributed by atoms with Gasteiger partial charge in [0.05, 0.1) is 17.9 Å². The summed E-state index contributed by atoms with van der Waals surface area (Å²) in [5.41, 5.74) is 2.71. The van der Waals surface area contributed by atoms with E-state index in [4.69, 9.17) is 0 Å². The van der Waals surface area contributed by atoms with Crippen LogP contribution in [0.25, 0.3) is 5.13 Å². The monoisotopic (exact) mass is 311 g/mol. The molecule has 0 fully saturated rings. The lowest BCUT2D eigenvalue weighted by Gasteiger charge is -2.13. The van der Waals surface area contributed by atoms with Gasteiger partial charge in [-0.3, -0.25) is 4.79 Å². The smallest absolute Gasteiger partial charge is 0.266 e. The minimum atomic E-state index is 0.00593. The van der Waals surface area contributed by atoms with Crippen LogP contribution in [-0.4, -0.2) is 30.3 Å². The van der Waals surface area contributed by atoms with Crippen molar-refractivity contribution in [3.8, 4) is 5.13 Å². The third-order valence-electron chi connectivity index (χ3n) is 3.68. The van der Waals surface area contributed by atoms with Crippen LogP contribution in [0.4, 0.5) is 0 Å². The van der Waals surface area contributed by atoms with Crippen molar-refractivity contribution in [3.63, 3.8) is 0 Å². The second kappa shape index (κ2) is 5.03. The Labute approximate surface area is 131 Å². The van der Waals surface area contributed by atoms with E-state index in [-0.39, 0.29) is 5.91 Å². The summed E-state index contributed by atoms with van der Waals surface area (Å²) >= 11 is 1.42. The van der Waals surface area contributed by atoms with Gasteiger partial charge in [-0.15, -0.1) is 0 Å². The van der Waals surface area contributed by atoms with Crippen LogP contribution in [-0.2, 0) is 13.1 Å². The van der Waals surface area contributed by atoms with E-state index in [2.05, 4.69) is 15.0 Å². The van der Waals surface area contributed by atoms with Crippen molar-refractivity contribution >= 4 is 17.2 Å². The van der Waals surface area contributed by atoms with E-state index < -0.39 is 0 Å². The Morgan fingerprint density at radius 1 is 1.27 bits per heavy atom. The van der Waals surface area contributed by atoms with Crippen molar-refractivity contribution in [1.82, 2.24) is 24.4 Å². The number of thiazole rings is 1. The van der Waals surface area contributed by atoms with E-state index >= 15 is 0 Å². The van der Waals surface area contributed by atoms with Gasteiger partial charge in [0, 0.05) is 30.7 Å². The van der Waals surface area contributed by atoms with Crippen molar-refractivity contribution in [2.75, 3.05) is 0 Å². The molecular weight excluding hydrogens is 298 g/mol. The van der Waals surface area contributed by atoms with E-state index in [1.165, 1.54) is 17.7 Å². The molecule has 6 nitrogen and oxygen atoms in total. The van der Waals surface area contributed by atoms with Crippen LogP contribution >= 0.6 is 11.3 Å². The van der Waals surface area contributed by atoms with Crippen LogP contribution in [0.5, 0.6) is 0 Å². The van der Waals surface area contributed by atoms with Crippen LogP contribution in [0.15, 0.2) is 37.1 Å². The fourth-order valence-electron chi connectivity index (χ4n) is 2.54. The Balaban J connectivity index is 1.62. The number of fused-ring (bicyclic) bond motifs is 1. The maximum atomic E-state index is 12.8. The van der Waals surface area contributed by atoms with E-state index in [1.54, 1.807) is 11.1 Å². The SMILES string of the molecule is Cc1nc(-n2cccc2)sc1C(=O)N1Cc2cncnc2C1. The number of aryl methyl sites for hydroxylation is 1. The van der Waals surface area contributed by atoms with E-state index in [0.717, 1.165) is 22.1 Å². The molecule has 0 aromatic carbocycles. The summed E-state index contributed by atoms with van der Waals surface area (Å²) in [6, 6.07) is 3.88. The molecule has 110 valence electrons. The molecule has 0 N–H and O–H groups in total. The van der Waals surface area contributed by atoms with Gasteiger partial charge in [-0.25, -0.2) is 15.0 Å². The Kier molecular flexibility index (Phi) is 3.00. The topological polar surface area (TPSA) is 63.9 Å². The number of hydrogen-bond donors (Lipinski definition) is 0. The number of amides is 1. The Morgan fingerprint density at radius 3 is 2.86 bits per heavy atom. The molecule has 0 saturated carbocycles. The standard InChI is InChI=1S/C15H13N5OS/c1-10-13(22-15(18-10)19-4-2-3-5-19)14(21)20-7-11-6-16-9-17-12(11)8-20/h2-6,9H,7-8H2,1H3. The van der Waals surface area contributed by atoms with Crippen LogP contribution in [0.3, 0.4) is 0 Å². The fourth-order valence-corrected chi connectivity index (χ4v) is 3.54. The summed E-state index contributed by atoms with van der Waals surface area (Å²) in [6.45, 7) is 2.97. The number of carbonyl (C=O) groups excluding carboxylic acids is 1. The Hall–Kier alpha value is -2.54. The Bertz CT molecular complexity index is 815. The molecule has 1 amide bonds. The number of rotatable bonds is 2. The summed E-state index contributed by atoms with van der Waals surface area (Å²) in [5, 5.41) is 0.808. The average Bonchev–Trinajstić information content (AvgIpc) is 3.25. The number of hydrogen-bond acceptors (Lipinski definition) is 5. The van der Waals surface area contributed by atoms with Gasteiger partial charge in [-0.05, 0) is 19.1 Å². The maximum absolute atomic E-state index is 12.8. The zero-order valence-corrected chi connectivity index (χ0v) is 12.7. The molecule has 3 aromatic heterocycles. The second-order valence-corrected chi connectivity index (χ2v) is 6.13. The molecule has 0 saturated heterocycles. The molecular formula is C15H13N5OS. The quantitative estimate of drug-likeness (QED) is 0.728. The maximum Gasteiger partial charge on any atom is 0.266 e. The van der Waals surface area contributed by atoms with Crippen LogP contribution in [0.1, 0.15) is 26.6 Å². The lowest BCUT2D eigenvalue weighted by Crippen LogP contribution is -2.25. The van der Waals surface area contributed by atoms with Crippen molar-refractivity contribution in [2.45, 2.75) is 20.0 Å². The molecule has 7 heteroatoms. The molecule has 3 aromatic rings. The highest BCUT2D eigenvalue weighted by molar-refractivity contribution is 7.16. The molecule has 22 heavy (non-hydrogen) atoms. The predicted octanol–water partition coefficient (Wildman–Crippen LogP) is 2.19. The van der Waals surface area contributed by atoms with Crippen LogP contribution < -0.4 is 0 Å². The zero-order valence-electron chi connectivity index (χ0n) is 11.9. The minimum Gasteiger partial charge on any atom is -0.328 e. The van der Waals surface area contributed by atoms with E-state index in [0.29, 0.717) is 18.0 Å². The van der Waals surface area contributed by atoms with Crippen molar-refractivity contribution in [2.24, 2.45) is 0 Å². The average molecular weight is 311 g/mol. The first kappa shape index (κ1) is 13.1. The van der Waals surface area contributed by atoms with Gasteiger partial charge < -0.3 is 9.47 Å². The van der Waals surface area contributed by atoms with Crippen molar-refractivity contribution in [3.05, 3.63) is 58.9 Å². The molecule has 0 atom stereocenters. The molecule has 0 aliphatic carbocycles. The molecule has 0 radical (unpaired) electrons. The molecule has 0 unspecified atom stereocenters. The molecule has 4 rings (SSSR count). The second-order valence-electron chi connectivity index (χ2n) is 5.16. The highest BCUT2D eigenvalue weighted by Crippen LogP contribution is 2.27. The highest BCUT2D eigenvalue weighted by Gasteiger charge is 2.28. The molecule has 0 bridgehead atoms. The van der Waals surface area contributed by atoms with E-state index in [1.807, 2.05) is 36.0 Å². The van der Waals surface area contributed by atoms with Gasteiger partial charge in [0.1, 0.15) is 11.2 Å². The predicted molar refractivity (Wildman–Crippen MR) is 81.8 cm³/mol. The number of carbonyl (C=O) groups is 1. The third kappa shape index (κ3) is 2.10. The lowest BCUT2D eigenvalue weighted by molar-refractivity contribution is 0.0754. The number of nitrogens with zero attached hydrogens (tertiary/aromatic N) is 5. The molecule has 4 heterocycles. The minimum absolute atomic E-state index is 0.00593. The zero-order chi connectivity index (χ0) is 15.1. The van der Waals surface area contributed by atoms with Gasteiger partial charge in [0.25, 0.3) is 5.91 Å². The van der Waals surface area contributed by atoms with Gasteiger partial charge in [0.2, 0.25) is 0 Å². The van der Waals surface area contributed by atoms with Gasteiger partial charge in [-0.1, -0.05) is 11.3 Å². The summed E-state index contributed by atoms with van der Waals surface area (Å²) in [6.07, 6.45) is 7.15. The van der Waals surface area contributed by atoms with Crippen molar-refractivity contribution < 1.29 is 4.79 Å². The van der Waals surface area contributed by atoms with Gasteiger partial charge >= 0.3 is 0 Å². The summed E-state index contributed by atoms with van der Waals surface area (Å²) in [5.74, 6) is 0.00593. The third-order valence-corrected chi connectivity index (χ3v) is 4.83. The lowest BCUT2D eigenvalue weighted by atomic mass is 10.3. The van der Waals surface area contributed by atoms with Gasteiger partial charge in [0.15, 0.2) is 5.13 Å². The largest absolute Gasteiger partial charge is 0.328 e. The first-order valence-electron chi connectivity index (χ1n) is 6.90. The summed E-state index contributed by atoms with van der Waals surface area (Å²) in [7, 11) is 0. The number of aromatic nitrogens is 4. The van der Waals surface area contributed by atoms with E-state index in [9.17, 15) is 4.79 Å². The Morgan fingerprint density at radius 2 is 2.09 bits per heavy atom. The molecule has 1 aliphatic rings. The van der Waals surface area contributed by atoms with Crippen LogP contribution in [0.2, 0.25) is 0 Å². The first-order chi connectivity index (χ1) is 10.7.